The molecule has 10 aromatic rings. The van der Waals surface area contributed by atoms with E-state index in [1.165, 1.54) is 0 Å². The molecule has 0 saturated heterocycles. The normalized spacial score (nSPS) is 13.7. The van der Waals surface area contributed by atoms with Gasteiger partial charge in [0.15, 0.2) is 17.5 Å². The quantitative estimate of drug-likeness (QED) is 0.184. The van der Waals surface area contributed by atoms with Gasteiger partial charge in [0.05, 0.1) is 11.0 Å². The Morgan fingerprint density at radius 1 is 0.412 bits per heavy atom. The first-order valence-corrected chi connectivity index (χ1v) is 16.5. The second-order valence-electron chi connectivity index (χ2n) is 12.2. The van der Waals surface area contributed by atoms with E-state index in [-0.39, 0.29) is 41.2 Å². The van der Waals surface area contributed by atoms with Crippen LogP contribution in [0, 0.1) is 0 Å². The number of hydrogen-bond acceptors (Lipinski definition) is 4. The summed E-state index contributed by atoms with van der Waals surface area (Å²) >= 11 is 0. The lowest BCUT2D eigenvalue weighted by Gasteiger charge is -2.14. The summed E-state index contributed by atoms with van der Waals surface area (Å²) in [5, 5.41) is 4.63. The average molecular weight is 660 g/mol. The van der Waals surface area contributed by atoms with E-state index >= 15 is 0 Å². The van der Waals surface area contributed by atoms with Crippen molar-refractivity contribution in [1.29, 1.82) is 0 Å². The van der Waals surface area contributed by atoms with Gasteiger partial charge in [-0.1, -0.05) is 145 Å². The summed E-state index contributed by atoms with van der Waals surface area (Å²) in [5.41, 5.74) is 4.40. The maximum absolute atomic E-state index is 9.23. The Bertz CT molecular complexity index is 3360. The van der Waals surface area contributed by atoms with Crippen LogP contribution in [0.25, 0.3) is 99.9 Å². The number of fused-ring (bicyclic) bond motifs is 5. The van der Waals surface area contributed by atoms with Gasteiger partial charge in [0.1, 0.15) is 11.2 Å². The third kappa shape index (κ3) is 5.04. The Labute approximate surface area is 305 Å². The molecule has 0 aliphatic heterocycles. The SMILES string of the molecule is [2H]c1cc2c(oc3ccc([2H])c(-c4ccc(-c5nc(-c6ccc7ccccc7c6)nc(-c6c([2H])c([2H])c([2H])c([2H])c6[2H])n5)c5ccccc45)c32)c([2H])c1-c1ccccc1. The van der Waals surface area contributed by atoms with E-state index in [2.05, 4.69) is 0 Å². The highest BCUT2D eigenvalue weighted by Gasteiger charge is 2.19. The minimum atomic E-state index is -0.516. The van der Waals surface area contributed by atoms with Gasteiger partial charge in [0, 0.05) is 27.5 Å². The molecule has 2 aromatic heterocycles. The smallest absolute Gasteiger partial charge is 0.164 e. The summed E-state index contributed by atoms with van der Waals surface area (Å²) < 4.78 is 76.3. The standard InChI is InChI=1S/C47H29N3O/c1-3-12-30(13-4-1)34-24-25-41-43(29-34)51-42-21-11-20-39(44(41)42)38-26-27-40(37-19-10-9-18-36(37)38)47-49-45(32-15-5-2-6-16-32)48-46(50-47)35-23-22-31-14-7-8-17-33(31)28-35/h1-29H/i2D,5D,6D,15D,16D,20D,24D,29D. The number of furan rings is 1. The zero-order valence-electron chi connectivity index (χ0n) is 34.9. The topological polar surface area (TPSA) is 51.8 Å². The summed E-state index contributed by atoms with van der Waals surface area (Å²) in [5.74, 6) is 0.404. The first-order valence-electron chi connectivity index (χ1n) is 20.5. The van der Waals surface area contributed by atoms with E-state index in [9.17, 15) is 1.37 Å². The average Bonchev–Trinajstić information content (AvgIpc) is 3.63. The van der Waals surface area contributed by atoms with E-state index in [1.54, 1.807) is 18.2 Å². The van der Waals surface area contributed by atoms with Crippen LogP contribution in [0.15, 0.2) is 180 Å². The van der Waals surface area contributed by atoms with E-state index in [1.807, 2.05) is 109 Å². The largest absolute Gasteiger partial charge is 0.456 e. The minimum Gasteiger partial charge on any atom is -0.456 e. The van der Waals surface area contributed by atoms with Gasteiger partial charge in [-0.25, -0.2) is 15.0 Å². The van der Waals surface area contributed by atoms with Crippen LogP contribution in [0.4, 0.5) is 0 Å². The zero-order chi connectivity index (χ0) is 40.7. The van der Waals surface area contributed by atoms with Crippen LogP contribution in [-0.4, -0.2) is 15.0 Å². The van der Waals surface area contributed by atoms with Crippen molar-refractivity contribution < 1.29 is 15.4 Å². The molecule has 0 spiro atoms. The summed E-state index contributed by atoms with van der Waals surface area (Å²) in [4.78, 5) is 14.5. The lowest BCUT2D eigenvalue weighted by atomic mass is 9.92. The molecule has 10 rings (SSSR count). The third-order valence-electron chi connectivity index (χ3n) is 9.15. The van der Waals surface area contributed by atoms with Crippen LogP contribution in [0.5, 0.6) is 0 Å². The van der Waals surface area contributed by atoms with Gasteiger partial charge in [-0.2, -0.15) is 0 Å². The predicted octanol–water partition coefficient (Wildman–Crippen LogP) is 12.4. The van der Waals surface area contributed by atoms with Gasteiger partial charge in [-0.05, 0) is 74.1 Å². The van der Waals surface area contributed by atoms with E-state index < -0.39 is 30.2 Å². The molecule has 0 atom stereocenters. The van der Waals surface area contributed by atoms with Crippen LogP contribution >= 0.6 is 0 Å². The van der Waals surface area contributed by atoms with Crippen LogP contribution in [0.3, 0.4) is 0 Å². The second-order valence-corrected chi connectivity index (χ2v) is 12.2. The summed E-state index contributed by atoms with van der Waals surface area (Å²) in [6.45, 7) is 0. The highest BCUT2D eigenvalue weighted by Crippen LogP contribution is 2.42. The first-order chi connectivity index (χ1) is 28.6. The van der Waals surface area contributed by atoms with Crippen molar-refractivity contribution in [3.05, 3.63) is 176 Å². The Hall–Kier alpha value is -6.91. The molecule has 0 fully saturated rings. The molecule has 51 heavy (non-hydrogen) atoms. The fourth-order valence-corrected chi connectivity index (χ4v) is 6.75. The third-order valence-corrected chi connectivity index (χ3v) is 9.15. The van der Waals surface area contributed by atoms with Crippen molar-refractivity contribution in [2.24, 2.45) is 0 Å². The Morgan fingerprint density at radius 2 is 1.12 bits per heavy atom. The molecule has 0 aliphatic carbocycles. The molecule has 2 heterocycles. The summed E-state index contributed by atoms with van der Waals surface area (Å²) in [6, 6.07) is 37.6. The summed E-state index contributed by atoms with van der Waals surface area (Å²) in [6.07, 6.45) is 0. The highest BCUT2D eigenvalue weighted by atomic mass is 16.3. The molecule has 0 bridgehead atoms. The number of rotatable bonds is 5. The fraction of sp³-hybridized carbons (Fsp3) is 0. The van der Waals surface area contributed by atoms with Crippen molar-refractivity contribution in [3.63, 3.8) is 0 Å². The van der Waals surface area contributed by atoms with E-state index in [0.29, 0.717) is 49.8 Å². The van der Waals surface area contributed by atoms with Crippen molar-refractivity contribution in [2.45, 2.75) is 0 Å². The first kappa shape index (κ1) is 21.9. The fourth-order valence-electron chi connectivity index (χ4n) is 6.75. The molecule has 8 aromatic carbocycles. The number of hydrogen-bond donors (Lipinski definition) is 0. The zero-order valence-corrected chi connectivity index (χ0v) is 26.9. The Kier molecular flexibility index (Phi) is 5.12. The van der Waals surface area contributed by atoms with E-state index in [4.69, 9.17) is 29.0 Å². The molecular formula is C47H29N3O. The van der Waals surface area contributed by atoms with E-state index in [0.717, 1.165) is 27.1 Å². The van der Waals surface area contributed by atoms with Gasteiger partial charge in [0.25, 0.3) is 0 Å². The second kappa shape index (κ2) is 11.9. The molecule has 4 nitrogen and oxygen atoms in total. The maximum atomic E-state index is 9.23. The number of aromatic nitrogens is 3. The Morgan fingerprint density at radius 3 is 1.96 bits per heavy atom. The molecule has 0 amide bonds. The van der Waals surface area contributed by atoms with Crippen LogP contribution < -0.4 is 0 Å². The molecule has 0 N–H and O–H groups in total. The van der Waals surface area contributed by atoms with Crippen LogP contribution in [-0.2, 0) is 0 Å². The van der Waals surface area contributed by atoms with Crippen molar-refractivity contribution in [2.75, 3.05) is 0 Å². The van der Waals surface area contributed by atoms with Gasteiger partial charge in [-0.15, -0.1) is 0 Å². The van der Waals surface area contributed by atoms with Crippen molar-refractivity contribution in [1.82, 2.24) is 15.0 Å². The van der Waals surface area contributed by atoms with Crippen LogP contribution in [0.2, 0.25) is 0 Å². The molecule has 238 valence electrons. The Balaban J connectivity index is 1.22. The lowest BCUT2D eigenvalue weighted by molar-refractivity contribution is 0.669. The molecule has 0 unspecified atom stereocenters. The van der Waals surface area contributed by atoms with Gasteiger partial charge in [-0.3, -0.25) is 0 Å². The van der Waals surface area contributed by atoms with Gasteiger partial charge < -0.3 is 4.42 Å². The molecular weight excluding hydrogens is 623 g/mol. The molecule has 0 aliphatic rings. The lowest BCUT2D eigenvalue weighted by Crippen LogP contribution is -2.00. The molecule has 0 saturated carbocycles. The molecule has 0 radical (unpaired) electrons. The predicted molar refractivity (Wildman–Crippen MR) is 209 cm³/mol. The number of nitrogens with zero attached hydrogens (tertiary/aromatic N) is 3. The van der Waals surface area contributed by atoms with Gasteiger partial charge >= 0.3 is 0 Å². The summed E-state index contributed by atoms with van der Waals surface area (Å²) in [7, 11) is 0. The number of benzene rings is 8. The minimum absolute atomic E-state index is 0.0707. The highest BCUT2D eigenvalue weighted by molar-refractivity contribution is 6.16. The van der Waals surface area contributed by atoms with Crippen molar-refractivity contribution in [3.8, 4) is 56.4 Å². The van der Waals surface area contributed by atoms with Crippen LogP contribution in [0.1, 0.15) is 11.0 Å². The van der Waals surface area contributed by atoms with Gasteiger partial charge in [0.2, 0.25) is 0 Å². The monoisotopic (exact) mass is 659 g/mol. The van der Waals surface area contributed by atoms with Crippen molar-refractivity contribution >= 4 is 43.5 Å². The molecule has 4 heteroatoms. The maximum Gasteiger partial charge on any atom is 0.164 e.